The lowest BCUT2D eigenvalue weighted by atomic mass is 10.1. The summed E-state index contributed by atoms with van der Waals surface area (Å²) in [6.45, 7) is 0. The molecule has 2 aromatic carbocycles. The second kappa shape index (κ2) is 8.43. The lowest BCUT2D eigenvalue weighted by Gasteiger charge is -2.10. The van der Waals surface area contributed by atoms with Crippen molar-refractivity contribution < 1.29 is 23.9 Å². The number of methoxy groups -OCH3 is 2. The number of anilines is 1. The number of esters is 2. The third kappa shape index (κ3) is 5.15. The minimum atomic E-state index is -0.617. The quantitative estimate of drug-likeness (QED) is 0.772. The van der Waals surface area contributed by atoms with Crippen molar-refractivity contribution in [1.82, 2.24) is 0 Å². The summed E-state index contributed by atoms with van der Waals surface area (Å²) in [5.41, 5.74) is 1.42. The first-order chi connectivity index (χ1) is 11.9. The fraction of sp³-hybridized carbons (Fsp3) is 0.167. The minimum Gasteiger partial charge on any atom is -0.465 e. The van der Waals surface area contributed by atoms with Crippen LogP contribution in [0, 0.1) is 0 Å². The van der Waals surface area contributed by atoms with E-state index in [1.54, 1.807) is 0 Å². The Labute approximate surface area is 153 Å². The van der Waals surface area contributed by atoms with Gasteiger partial charge in [0.1, 0.15) is 0 Å². The van der Waals surface area contributed by atoms with E-state index in [2.05, 4.69) is 30.7 Å². The summed E-state index contributed by atoms with van der Waals surface area (Å²) in [4.78, 5) is 35.7. The molecule has 0 saturated carbocycles. The summed E-state index contributed by atoms with van der Waals surface area (Å²) in [7, 11) is 2.47. The SMILES string of the molecule is COC(=O)c1cc(NC(=O)Cc2cccc(Br)c2)cc(C(=O)OC)c1. The van der Waals surface area contributed by atoms with Crippen LogP contribution >= 0.6 is 15.9 Å². The predicted molar refractivity (Wildman–Crippen MR) is 95.6 cm³/mol. The van der Waals surface area contributed by atoms with Crippen LogP contribution in [0.4, 0.5) is 5.69 Å². The van der Waals surface area contributed by atoms with Crippen molar-refractivity contribution in [2.75, 3.05) is 19.5 Å². The first kappa shape index (κ1) is 18.7. The topological polar surface area (TPSA) is 81.7 Å². The van der Waals surface area contributed by atoms with Crippen LogP contribution in [0.15, 0.2) is 46.9 Å². The molecule has 0 aromatic heterocycles. The maximum Gasteiger partial charge on any atom is 0.337 e. The van der Waals surface area contributed by atoms with Gasteiger partial charge < -0.3 is 14.8 Å². The van der Waals surface area contributed by atoms with Crippen molar-refractivity contribution in [1.29, 1.82) is 0 Å². The van der Waals surface area contributed by atoms with Crippen LogP contribution in [0.2, 0.25) is 0 Å². The molecular formula is C18H16BrNO5. The fourth-order valence-corrected chi connectivity index (χ4v) is 2.66. The van der Waals surface area contributed by atoms with Crippen LogP contribution in [-0.4, -0.2) is 32.1 Å². The Morgan fingerprint density at radius 1 is 0.960 bits per heavy atom. The Bertz CT molecular complexity index is 785. The highest BCUT2D eigenvalue weighted by Crippen LogP contribution is 2.18. The second-order valence-corrected chi connectivity index (χ2v) is 6.05. The van der Waals surface area contributed by atoms with Gasteiger partial charge in [-0.25, -0.2) is 9.59 Å². The molecule has 1 N–H and O–H groups in total. The molecule has 130 valence electrons. The van der Waals surface area contributed by atoms with Crippen molar-refractivity contribution in [3.8, 4) is 0 Å². The zero-order chi connectivity index (χ0) is 18.4. The number of carbonyl (C=O) groups is 3. The highest BCUT2D eigenvalue weighted by Gasteiger charge is 2.15. The zero-order valence-electron chi connectivity index (χ0n) is 13.7. The standard InChI is InChI=1S/C18H16BrNO5/c1-24-17(22)12-8-13(18(23)25-2)10-15(9-12)20-16(21)7-11-4-3-5-14(19)6-11/h3-6,8-10H,7H2,1-2H3,(H,20,21). The van der Waals surface area contributed by atoms with Crippen molar-refractivity contribution in [2.45, 2.75) is 6.42 Å². The molecule has 2 aromatic rings. The molecule has 0 fully saturated rings. The molecule has 0 bridgehead atoms. The Morgan fingerprint density at radius 2 is 1.56 bits per heavy atom. The maximum absolute atomic E-state index is 12.2. The molecule has 0 atom stereocenters. The number of halogens is 1. The van der Waals surface area contributed by atoms with Crippen molar-refractivity contribution in [2.24, 2.45) is 0 Å². The molecule has 1 amide bonds. The normalized spacial score (nSPS) is 10.0. The van der Waals surface area contributed by atoms with Gasteiger partial charge in [-0.05, 0) is 35.9 Å². The van der Waals surface area contributed by atoms with Gasteiger partial charge in [-0.3, -0.25) is 4.79 Å². The smallest absolute Gasteiger partial charge is 0.337 e. The van der Waals surface area contributed by atoms with E-state index in [0.29, 0.717) is 5.69 Å². The number of rotatable bonds is 5. The highest BCUT2D eigenvalue weighted by molar-refractivity contribution is 9.10. The van der Waals surface area contributed by atoms with E-state index in [9.17, 15) is 14.4 Å². The minimum absolute atomic E-state index is 0.142. The molecule has 0 spiro atoms. The third-order valence-corrected chi connectivity index (χ3v) is 3.81. The Balaban J connectivity index is 2.23. The van der Waals surface area contributed by atoms with Gasteiger partial charge in [-0.1, -0.05) is 28.1 Å². The van der Waals surface area contributed by atoms with E-state index < -0.39 is 11.9 Å². The lowest BCUT2D eigenvalue weighted by molar-refractivity contribution is -0.115. The average molecular weight is 406 g/mol. The maximum atomic E-state index is 12.2. The molecule has 0 unspecified atom stereocenters. The van der Waals surface area contributed by atoms with Crippen molar-refractivity contribution >= 4 is 39.5 Å². The molecule has 0 heterocycles. The lowest BCUT2D eigenvalue weighted by Crippen LogP contribution is -2.16. The number of hydrogen-bond donors (Lipinski definition) is 1. The van der Waals surface area contributed by atoms with Crippen LogP contribution in [0.3, 0.4) is 0 Å². The Morgan fingerprint density at radius 3 is 2.08 bits per heavy atom. The number of amides is 1. The van der Waals surface area contributed by atoms with E-state index in [1.165, 1.54) is 32.4 Å². The Kier molecular flexibility index (Phi) is 6.30. The van der Waals surface area contributed by atoms with Gasteiger partial charge >= 0.3 is 11.9 Å². The molecule has 0 aliphatic heterocycles. The van der Waals surface area contributed by atoms with E-state index in [4.69, 9.17) is 0 Å². The molecule has 0 saturated heterocycles. The number of benzene rings is 2. The van der Waals surface area contributed by atoms with Gasteiger partial charge in [0.2, 0.25) is 5.91 Å². The zero-order valence-corrected chi connectivity index (χ0v) is 15.3. The Hall–Kier alpha value is -2.67. The number of carbonyl (C=O) groups excluding carboxylic acids is 3. The van der Waals surface area contributed by atoms with Gasteiger partial charge in [0.25, 0.3) is 0 Å². The van der Waals surface area contributed by atoms with Crippen molar-refractivity contribution in [3.05, 3.63) is 63.6 Å². The molecular weight excluding hydrogens is 390 g/mol. The van der Waals surface area contributed by atoms with Gasteiger partial charge in [-0.2, -0.15) is 0 Å². The van der Waals surface area contributed by atoms with Crippen LogP contribution in [0.1, 0.15) is 26.3 Å². The highest BCUT2D eigenvalue weighted by atomic mass is 79.9. The summed E-state index contributed by atoms with van der Waals surface area (Å²) >= 11 is 3.35. The fourth-order valence-electron chi connectivity index (χ4n) is 2.21. The molecule has 2 rings (SSSR count). The van der Waals surface area contributed by atoms with E-state index in [1.807, 2.05) is 24.3 Å². The molecule has 25 heavy (non-hydrogen) atoms. The predicted octanol–water partition coefficient (Wildman–Crippen LogP) is 3.20. The molecule has 0 radical (unpaired) electrons. The van der Waals surface area contributed by atoms with Crippen molar-refractivity contribution in [3.63, 3.8) is 0 Å². The summed E-state index contributed by atoms with van der Waals surface area (Å²) in [5, 5.41) is 2.68. The van der Waals surface area contributed by atoms with Gasteiger partial charge in [0.05, 0.1) is 31.8 Å². The summed E-state index contributed by atoms with van der Waals surface area (Å²) in [6.07, 6.45) is 0.148. The number of ether oxygens (including phenoxy) is 2. The van der Waals surface area contributed by atoms with Gasteiger partial charge in [0, 0.05) is 10.2 Å². The van der Waals surface area contributed by atoms with E-state index in [-0.39, 0.29) is 23.5 Å². The number of nitrogens with one attached hydrogen (secondary N) is 1. The van der Waals surface area contributed by atoms with Gasteiger partial charge in [0.15, 0.2) is 0 Å². The van der Waals surface area contributed by atoms with E-state index >= 15 is 0 Å². The van der Waals surface area contributed by atoms with Crippen LogP contribution in [-0.2, 0) is 20.7 Å². The van der Waals surface area contributed by atoms with Gasteiger partial charge in [-0.15, -0.1) is 0 Å². The van der Waals surface area contributed by atoms with Crippen LogP contribution in [0.5, 0.6) is 0 Å². The number of hydrogen-bond acceptors (Lipinski definition) is 5. The molecule has 0 aliphatic rings. The van der Waals surface area contributed by atoms with E-state index in [0.717, 1.165) is 10.0 Å². The first-order valence-electron chi connectivity index (χ1n) is 7.29. The summed E-state index contributed by atoms with van der Waals surface area (Å²) in [5.74, 6) is -1.52. The first-order valence-corrected chi connectivity index (χ1v) is 8.08. The summed E-state index contributed by atoms with van der Waals surface area (Å²) < 4.78 is 10.2. The largest absolute Gasteiger partial charge is 0.465 e. The average Bonchev–Trinajstić information content (AvgIpc) is 2.59. The third-order valence-electron chi connectivity index (χ3n) is 3.31. The second-order valence-electron chi connectivity index (χ2n) is 5.14. The van der Waals surface area contributed by atoms with Crippen LogP contribution < -0.4 is 5.32 Å². The molecule has 0 aliphatic carbocycles. The summed E-state index contributed by atoms with van der Waals surface area (Å²) in [6, 6.07) is 11.6. The molecule has 6 nitrogen and oxygen atoms in total. The molecule has 7 heteroatoms. The van der Waals surface area contributed by atoms with Crippen LogP contribution in [0.25, 0.3) is 0 Å². The monoisotopic (exact) mass is 405 g/mol.